The predicted molar refractivity (Wildman–Crippen MR) is 83.1 cm³/mol. The molecule has 0 saturated heterocycles. The smallest absolute Gasteiger partial charge is 0.227 e. The third-order valence-electron chi connectivity index (χ3n) is 2.83. The van der Waals surface area contributed by atoms with Crippen molar-refractivity contribution < 1.29 is 9.59 Å². The normalized spacial score (nSPS) is 10.1. The van der Waals surface area contributed by atoms with E-state index in [0.29, 0.717) is 18.8 Å². The molecule has 0 unspecified atom stereocenters. The highest BCUT2D eigenvalue weighted by atomic mass is 32.1. The van der Waals surface area contributed by atoms with E-state index in [1.54, 1.807) is 35.7 Å². The van der Waals surface area contributed by atoms with E-state index < -0.39 is 0 Å². The summed E-state index contributed by atoms with van der Waals surface area (Å²) in [5, 5.41) is 9.45. The molecule has 0 radical (unpaired) electrons. The van der Waals surface area contributed by atoms with Crippen LogP contribution in [-0.4, -0.2) is 23.3 Å². The molecule has 0 aromatic carbocycles. The summed E-state index contributed by atoms with van der Waals surface area (Å²) >= 11 is 1.62. The van der Waals surface area contributed by atoms with Crippen molar-refractivity contribution in [1.82, 2.24) is 10.3 Å². The maximum absolute atomic E-state index is 11.6. The number of nitrogens with zero attached hydrogens (tertiary/aromatic N) is 1. The van der Waals surface area contributed by atoms with Gasteiger partial charge in [-0.15, -0.1) is 0 Å². The summed E-state index contributed by atoms with van der Waals surface area (Å²) in [4.78, 5) is 27.3. The monoisotopic (exact) mass is 303 g/mol. The Kier molecular flexibility index (Phi) is 5.90. The highest BCUT2D eigenvalue weighted by molar-refractivity contribution is 7.07. The van der Waals surface area contributed by atoms with Crippen molar-refractivity contribution in [3.8, 4) is 0 Å². The minimum absolute atomic E-state index is 0.0353. The largest absolute Gasteiger partial charge is 0.356 e. The van der Waals surface area contributed by atoms with Crippen LogP contribution < -0.4 is 10.6 Å². The van der Waals surface area contributed by atoms with Gasteiger partial charge in [-0.2, -0.15) is 11.3 Å². The summed E-state index contributed by atoms with van der Waals surface area (Å²) in [6.45, 7) is 0.334. The number of nitrogens with one attached hydrogen (secondary N) is 2. The first-order valence-corrected chi connectivity index (χ1v) is 7.67. The molecule has 110 valence electrons. The van der Waals surface area contributed by atoms with Gasteiger partial charge in [-0.3, -0.25) is 9.59 Å². The van der Waals surface area contributed by atoms with E-state index in [-0.39, 0.29) is 18.2 Å². The average molecular weight is 303 g/mol. The second kappa shape index (κ2) is 8.16. The van der Waals surface area contributed by atoms with E-state index >= 15 is 0 Å². The first kappa shape index (κ1) is 15.2. The summed E-state index contributed by atoms with van der Waals surface area (Å²) in [5.41, 5.74) is 1.17. The standard InChI is InChI=1S/C15H17N3O2S/c19-14(5-4-12-7-10-21-11-12)17-9-6-15(20)18-13-3-1-2-8-16-13/h1-3,7-8,10-11H,4-6,9H2,(H,17,19)(H,16,18,20). The fraction of sp³-hybridized carbons (Fsp3) is 0.267. The molecule has 0 fully saturated rings. The fourth-order valence-electron chi connectivity index (χ4n) is 1.74. The van der Waals surface area contributed by atoms with Crippen molar-refractivity contribution in [2.75, 3.05) is 11.9 Å². The number of carbonyl (C=O) groups is 2. The van der Waals surface area contributed by atoms with Crippen LogP contribution in [0.5, 0.6) is 0 Å². The van der Waals surface area contributed by atoms with Crippen LogP contribution in [0.3, 0.4) is 0 Å². The van der Waals surface area contributed by atoms with Crippen LogP contribution >= 0.6 is 11.3 Å². The van der Waals surface area contributed by atoms with E-state index in [0.717, 1.165) is 6.42 Å². The van der Waals surface area contributed by atoms with Gasteiger partial charge in [0.2, 0.25) is 11.8 Å². The first-order valence-electron chi connectivity index (χ1n) is 6.73. The van der Waals surface area contributed by atoms with Crippen LogP contribution in [-0.2, 0) is 16.0 Å². The van der Waals surface area contributed by atoms with Gasteiger partial charge in [0.1, 0.15) is 5.82 Å². The number of aryl methyl sites for hydroxylation is 1. The maximum Gasteiger partial charge on any atom is 0.227 e. The molecule has 0 saturated carbocycles. The molecule has 0 aliphatic heterocycles. The van der Waals surface area contributed by atoms with Crippen LogP contribution in [0.2, 0.25) is 0 Å². The minimum Gasteiger partial charge on any atom is -0.356 e. The van der Waals surface area contributed by atoms with E-state index in [2.05, 4.69) is 15.6 Å². The number of rotatable bonds is 7. The first-order chi connectivity index (χ1) is 10.2. The number of hydrogen-bond acceptors (Lipinski definition) is 4. The van der Waals surface area contributed by atoms with Crippen LogP contribution in [0.4, 0.5) is 5.82 Å². The van der Waals surface area contributed by atoms with Gasteiger partial charge < -0.3 is 10.6 Å². The molecule has 2 aromatic rings. The zero-order chi connectivity index (χ0) is 14.9. The molecule has 0 bridgehead atoms. The number of thiophene rings is 1. The number of hydrogen-bond donors (Lipinski definition) is 2. The number of pyridine rings is 1. The Balaban J connectivity index is 1.60. The number of anilines is 1. The van der Waals surface area contributed by atoms with Gasteiger partial charge in [0.15, 0.2) is 0 Å². The molecular formula is C15H17N3O2S. The summed E-state index contributed by atoms with van der Waals surface area (Å²) in [6.07, 6.45) is 3.02. The fourth-order valence-corrected chi connectivity index (χ4v) is 2.44. The Morgan fingerprint density at radius 1 is 1.14 bits per heavy atom. The van der Waals surface area contributed by atoms with E-state index in [1.165, 1.54) is 5.56 Å². The van der Waals surface area contributed by atoms with E-state index in [4.69, 9.17) is 0 Å². The Bertz CT molecular complexity index is 570. The van der Waals surface area contributed by atoms with Gasteiger partial charge in [0.05, 0.1) is 0 Å². The predicted octanol–water partition coefficient (Wildman–Crippen LogP) is 2.22. The summed E-state index contributed by atoms with van der Waals surface area (Å²) in [7, 11) is 0. The van der Waals surface area contributed by atoms with Gasteiger partial charge in [-0.1, -0.05) is 6.07 Å². The quantitative estimate of drug-likeness (QED) is 0.824. The lowest BCUT2D eigenvalue weighted by atomic mass is 10.2. The second-order valence-corrected chi connectivity index (χ2v) is 5.27. The lowest BCUT2D eigenvalue weighted by Crippen LogP contribution is -2.27. The maximum atomic E-state index is 11.6. The molecule has 2 rings (SSSR count). The molecule has 0 aliphatic rings. The highest BCUT2D eigenvalue weighted by Gasteiger charge is 2.05. The number of amides is 2. The molecule has 0 aliphatic carbocycles. The van der Waals surface area contributed by atoms with E-state index in [9.17, 15) is 9.59 Å². The molecule has 2 aromatic heterocycles. The van der Waals surface area contributed by atoms with Crippen LogP contribution in [0, 0.1) is 0 Å². The average Bonchev–Trinajstić information content (AvgIpc) is 2.99. The Morgan fingerprint density at radius 2 is 2.05 bits per heavy atom. The van der Waals surface area contributed by atoms with E-state index in [1.807, 2.05) is 16.8 Å². The molecule has 0 spiro atoms. The molecule has 0 atom stereocenters. The molecule has 2 amide bonds. The lowest BCUT2D eigenvalue weighted by molar-refractivity contribution is -0.121. The summed E-state index contributed by atoms with van der Waals surface area (Å²) in [5.74, 6) is 0.324. The molecule has 5 nitrogen and oxygen atoms in total. The summed E-state index contributed by atoms with van der Waals surface area (Å²) in [6, 6.07) is 7.31. The Hall–Kier alpha value is -2.21. The van der Waals surface area contributed by atoms with Gasteiger partial charge in [-0.05, 0) is 40.9 Å². The van der Waals surface area contributed by atoms with Gasteiger partial charge in [0, 0.05) is 25.6 Å². The lowest BCUT2D eigenvalue weighted by Gasteiger charge is -2.06. The van der Waals surface area contributed by atoms with Crippen molar-refractivity contribution in [3.63, 3.8) is 0 Å². The van der Waals surface area contributed by atoms with Crippen LogP contribution in [0.1, 0.15) is 18.4 Å². The Labute approximate surface area is 127 Å². The zero-order valence-electron chi connectivity index (χ0n) is 11.5. The molecular weight excluding hydrogens is 286 g/mol. The van der Waals surface area contributed by atoms with Crippen LogP contribution in [0.25, 0.3) is 0 Å². The molecule has 6 heteroatoms. The minimum atomic E-state index is -0.160. The second-order valence-electron chi connectivity index (χ2n) is 4.49. The third-order valence-corrected chi connectivity index (χ3v) is 3.56. The molecule has 21 heavy (non-hydrogen) atoms. The zero-order valence-corrected chi connectivity index (χ0v) is 12.4. The molecule has 2 heterocycles. The number of carbonyl (C=O) groups excluding carboxylic acids is 2. The summed E-state index contributed by atoms with van der Waals surface area (Å²) < 4.78 is 0. The van der Waals surface area contributed by atoms with Gasteiger partial charge >= 0.3 is 0 Å². The van der Waals surface area contributed by atoms with Gasteiger partial charge in [-0.25, -0.2) is 4.98 Å². The van der Waals surface area contributed by atoms with Crippen molar-refractivity contribution in [2.24, 2.45) is 0 Å². The third kappa shape index (κ3) is 5.74. The Morgan fingerprint density at radius 3 is 2.76 bits per heavy atom. The highest BCUT2D eigenvalue weighted by Crippen LogP contribution is 2.08. The van der Waals surface area contributed by atoms with Crippen molar-refractivity contribution in [1.29, 1.82) is 0 Å². The van der Waals surface area contributed by atoms with Crippen molar-refractivity contribution >= 4 is 29.0 Å². The van der Waals surface area contributed by atoms with Gasteiger partial charge in [0.25, 0.3) is 0 Å². The number of aromatic nitrogens is 1. The van der Waals surface area contributed by atoms with Crippen LogP contribution in [0.15, 0.2) is 41.2 Å². The van der Waals surface area contributed by atoms with Crippen molar-refractivity contribution in [2.45, 2.75) is 19.3 Å². The topological polar surface area (TPSA) is 71.1 Å². The SMILES string of the molecule is O=C(CCc1ccsc1)NCCC(=O)Nc1ccccn1. The van der Waals surface area contributed by atoms with Crippen molar-refractivity contribution in [3.05, 3.63) is 46.8 Å². The molecule has 2 N–H and O–H groups in total.